The summed E-state index contributed by atoms with van der Waals surface area (Å²) in [6.45, 7) is 11.5. The normalized spacial score (nSPS) is 16.8. The van der Waals surface area contributed by atoms with Gasteiger partial charge in [-0.25, -0.2) is 4.68 Å². The van der Waals surface area contributed by atoms with E-state index in [-0.39, 0.29) is 18.2 Å². The SMILES string of the molecule is C=CN(/N=C(\C)n1nnc2c1CCN(C(=O)c1cccc(C(F)(F)F)c1Cl)[C@H]2C)C(C)C. The second-order valence-electron chi connectivity index (χ2n) is 7.73. The maximum absolute atomic E-state index is 13.2. The fraction of sp³-hybridized carbons (Fsp3) is 0.429. The van der Waals surface area contributed by atoms with Gasteiger partial charge in [0.25, 0.3) is 5.91 Å². The van der Waals surface area contributed by atoms with E-state index in [0.717, 1.165) is 11.8 Å². The predicted octanol–water partition coefficient (Wildman–Crippen LogP) is 4.75. The fourth-order valence-corrected chi connectivity index (χ4v) is 3.94. The van der Waals surface area contributed by atoms with Gasteiger partial charge in [0.2, 0.25) is 0 Å². The summed E-state index contributed by atoms with van der Waals surface area (Å²) in [7, 11) is 0. The maximum Gasteiger partial charge on any atom is 0.417 e. The topological polar surface area (TPSA) is 66.6 Å². The molecule has 7 nitrogen and oxygen atoms in total. The number of nitrogens with zero attached hydrogens (tertiary/aromatic N) is 6. The number of benzene rings is 1. The molecule has 2 aromatic rings. The molecule has 1 aliphatic heterocycles. The highest BCUT2D eigenvalue weighted by Gasteiger charge is 2.37. The van der Waals surface area contributed by atoms with E-state index in [1.165, 1.54) is 17.0 Å². The van der Waals surface area contributed by atoms with Crippen LogP contribution in [0.2, 0.25) is 5.02 Å². The number of rotatable bonds is 4. The molecule has 0 fully saturated rings. The minimum atomic E-state index is -4.65. The lowest BCUT2D eigenvalue weighted by atomic mass is 10.0. The van der Waals surface area contributed by atoms with E-state index in [2.05, 4.69) is 22.0 Å². The van der Waals surface area contributed by atoms with Crippen LogP contribution in [0.15, 0.2) is 36.1 Å². The van der Waals surface area contributed by atoms with Crippen LogP contribution in [-0.2, 0) is 12.6 Å². The van der Waals surface area contributed by atoms with Crippen molar-refractivity contribution in [2.24, 2.45) is 5.10 Å². The third-order valence-corrected chi connectivity index (χ3v) is 5.73. The minimum absolute atomic E-state index is 0.103. The Bertz CT molecular complexity index is 1060. The van der Waals surface area contributed by atoms with Gasteiger partial charge in [0.15, 0.2) is 0 Å². The Hall–Kier alpha value is -2.88. The van der Waals surface area contributed by atoms with Gasteiger partial charge in [-0.1, -0.05) is 29.5 Å². The van der Waals surface area contributed by atoms with Crippen molar-refractivity contribution in [1.29, 1.82) is 0 Å². The lowest BCUT2D eigenvalue weighted by Gasteiger charge is -2.33. The second kappa shape index (κ2) is 8.93. The molecule has 0 spiro atoms. The summed E-state index contributed by atoms with van der Waals surface area (Å²) in [4.78, 5) is 14.6. The number of aromatic nitrogens is 3. The van der Waals surface area contributed by atoms with E-state index in [1.807, 2.05) is 13.8 Å². The average Bonchev–Trinajstić information content (AvgIpc) is 3.16. The number of alkyl halides is 3. The van der Waals surface area contributed by atoms with Gasteiger partial charge in [0.1, 0.15) is 11.5 Å². The summed E-state index contributed by atoms with van der Waals surface area (Å²) >= 11 is 5.96. The first-order valence-electron chi connectivity index (χ1n) is 10.0. The van der Waals surface area contributed by atoms with Crippen LogP contribution in [0.25, 0.3) is 0 Å². The number of hydrogen-bond donors (Lipinski definition) is 0. The van der Waals surface area contributed by atoms with Crippen molar-refractivity contribution in [1.82, 2.24) is 24.9 Å². The summed E-state index contributed by atoms with van der Waals surface area (Å²) in [5.74, 6) is -0.00270. The van der Waals surface area contributed by atoms with E-state index in [0.29, 0.717) is 18.0 Å². The molecule has 0 bridgehead atoms. The molecule has 0 N–H and O–H groups in total. The van der Waals surface area contributed by atoms with Crippen molar-refractivity contribution >= 4 is 23.3 Å². The van der Waals surface area contributed by atoms with Gasteiger partial charge in [0, 0.05) is 25.2 Å². The molecule has 1 amide bonds. The van der Waals surface area contributed by atoms with Crippen LogP contribution >= 0.6 is 11.6 Å². The number of fused-ring (bicyclic) bond motifs is 1. The Balaban J connectivity index is 1.91. The van der Waals surface area contributed by atoms with E-state index < -0.39 is 28.7 Å². The van der Waals surface area contributed by atoms with Gasteiger partial charge in [-0.05, 0) is 39.8 Å². The lowest BCUT2D eigenvalue weighted by molar-refractivity contribution is -0.137. The van der Waals surface area contributed by atoms with Gasteiger partial charge in [-0.2, -0.15) is 18.3 Å². The predicted molar refractivity (Wildman–Crippen MR) is 115 cm³/mol. The largest absolute Gasteiger partial charge is 0.417 e. The van der Waals surface area contributed by atoms with Crippen molar-refractivity contribution in [3.05, 3.63) is 58.5 Å². The summed E-state index contributed by atoms with van der Waals surface area (Å²) in [5, 5.41) is 14.0. The maximum atomic E-state index is 13.2. The van der Waals surface area contributed by atoms with Crippen LogP contribution < -0.4 is 0 Å². The molecular formula is C21H24ClF3N6O. The Kier molecular flexibility index (Phi) is 6.64. The number of amides is 1. The van der Waals surface area contributed by atoms with Crippen molar-refractivity contribution < 1.29 is 18.0 Å². The summed E-state index contributed by atoms with van der Waals surface area (Å²) in [5.41, 5.74) is 0.133. The first-order valence-corrected chi connectivity index (χ1v) is 10.4. The summed E-state index contributed by atoms with van der Waals surface area (Å²) < 4.78 is 41.2. The smallest absolute Gasteiger partial charge is 0.330 e. The Morgan fingerprint density at radius 1 is 1.41 bits per heavy atom. The number of carbonyl (C=O) groups is 1. The average molecular weight is 469 g/mol. The van der Waals surface area contributed by atoms with Crippen LogP contribution in [-0.4, -0.2) is 49.2 Å². The molecule has 1 aliphatic rings. The molecule has 1 aromatic carbocycles. The molecular weight excluding hydrogens is 445 g/mol. The van der Waals surface area contributed by atoms with Crippen molar-refractivity contribution in [3.8, 4) is 0 Å². The van der Waals surface area contributed by atoms with Crippen LogP contribution in [0.5, 0.6) is 0 Å². The van der Waals surface area contributed by atoms with Crippen molar-refractivity contribution in [3.63, 3.8) is 0 Å². The van der Waals surface area contributed by atoms with E-state index >= 15 is 0 Å². The van der Waals surface area contributed by atoms with Gasteiger partial charge >= 0.3 is 6.18 Å². The Labute approximate surface area is 189 Å². The second-order valence-corrected chi connectivity index (χ2v) is 8.10. The zero-order valence-corrected chi connectivity index (χ0v) is 18.9. The monoisotopic (exact) mass is 468 g/mol. The number of halogens is 4. The number of hydrogen-bond acceptors (Lipinski definition) is 5. The van der Waals surface area contributed by atoms with Crippen molar-refractivity contribution in [2.75, 3.05) is 6.54 Å². The zero-order chi connectivity index (χ0) is 23.8. The Morgan fingerprint density at radius 2 is 2.09 bits per heavy atom. The van der Waals surface area contributed by atoms with Crippen LogP contribution in [0.3, 0.4) is 0 Å². The lowest BCUT2D eigenvalue weighted by Crippen LogP contribution is -2.40. The standard InChI is InChI=1S/C21H24ClF3N6O/c1-6-30(12(2)3)27-14(5)31-17-10-11-29(13(4)19(17)26-28-31)20(32)15-8-7-9-16(18(15)22)21(23,24)25/h6-9,12-13H,1,10-11H2,2-5H3/b27-14+/t13-/m0/s1. The molecule has 2 heterocycles. The highest BCUT2D eigenvalue weighted by Crippen LogP contribution is 2.37. The van der Waals surface area contributed by atoms with E-state index in [4.69, 9.17) is 11.6 Å². The molecule has 0 saturated heterocycles. The molecule has 1 atom stereocenters. The van der Waals surface area contributed by atoms with Gasteiger partial charge in [-0.15, -0.1) is 5.10 Å². The molecule has 0 radical (unpaired) electrons. The number of hydrazone groups is 1. The Morgan fingerprint density at radius 3 is 2.69 bits per heavy atom. The van der Waals surface area contributed by atoms with Gasteiger partial charge < -0.3 is 4.90 Å². The molecule has 1 aromatic heterocycles. The zero-order valence-electron chi connectivity index (χ0n) is 18.2. The quantitative estimate of drug-likeness (QED) is 0.369. The third kappa shape index (κ3) is 4.36. The number of carbonyl (C=O) groups excluding carboxylic acids is 1. The first-order chi connectivity index (χ1) is 15.0. The first kappa shape index (κ1) is 23.8. The van der Waals surface area contributed by atoms with Crippen LogP contribution in [0.4, 0.5) is 13.2 Å². The van der Waals surface area contributed by atoms with Gasteiger partial charge in [0.05, 0.1) is 27.9 Å². The minimum Gasteiger partial charge on any atom is -0.330 e. The van der Waals surface area contributed by atoms with Crippen molar-refractivity contribution in [2.45, 2.75) is 52.4 Å². The molecule has 0 aliphatic carbocycles. The molecule has 0 saturated carbocycles. The van der Waals surface area contributed by atoms with Crippen LogP contribution in [0, 0.1) is 0 Å². The highest BCUT2D eigenvalue weighted by molar-refractivity contribution is 6.34. The molecule has 172 valence electrons. The van der Waals surface area contributed by atoms with Gasteiger partial charge in [-0.3, -0.25) is 9.80 Å². The molecule has 3 rings (SSSR count). The summed E-state index contributed by atoms with van der Waals surface area (Å²) in [6.07, 6.45) is -2.63. The third-order valence-electron chi connectivity index (χ3n) is 5.32. The molecule has 32 heavy (non-hydrogen) atoms. The molecule has 0 unspecified atom stereocenters. The molecule has 11 heteroatoms. The van der Waals surface area contributed by atoms with E-state index in [9.17, 15) is 18.0 Å². The fourth-order valence-electron chi connectivity index (χ4n) is 3.62. The van der Waals surface area contributed by atoms with E-state index in [1.54, 1.807) is 29.7 Å². The van der Waals surface area contributed by atoms with Crippen LogP contribution in [0.1, 0.15) is 61.0 Å². The highest BCUT2D eigenvalue weighted by atomic mass is 35.5. The summed E-state index contributed by atoms with van der Waals surface area (Å²) in [6, 6.07) is 2.93.